The van der Waals surface area contributed by atoms with E-state index < -0.39 is 23.4 Å². The highest BCUT2D eigenvalue weighted by Gasteiger charge is 2.49. The topological polar surface area (TPSA) is 81.8 Å². The van der Waals surface area contributed by atoms with E-state index in [-0.39, 0.29) is 24.9 Å². The summed E-state index contributed by atoms with van der Waals surface area (Å²) in [6.45, 7) is 3.43. The second kappa shape index (κ2) is 8.85. The van der Waals surface area contributed by atoms with Gasteiger partial charge in [0, 0.05) is 6.54 Å². The zero-order chi connectivity index (χ0) is 22.8. The van der Waals surface area contributed by atoms with Crippen LogP contribution in [0, 0.1) is 12.7 Å². The Labute approximate surface area is 181 Å². The van der Waals surface area contributed by atoms with E-state index in [1.165, 1.54) is 12.1 Å². The summed E-state index contributed by atoms with van der Waals surface area (Å²) < 4.78 is 13.2. The molecule has 1 heterocycles. The highest BCUT2D eigenvalue weighted by Crippen LogP contribution is 2.29. The molecular formula is C23H27FN4O3. The normalized spacial score (nSPS) is 19.5. The third-order valence-corrected chi connectivity index (χ3v) is 5.58. The number of benzene rings is 2. The van der Waals surface area contributed by atoms with E-state index in [1.54, 1.807) is 31.2 Å². The quantitative estimate of drug-likeness (QED) is 0.666. The van der Waals surface area contributed by atoms with Crippen molar-refractivity contribution in [2.75, 3.05) is 27.2 Å². The second-order valence-electron chi connectivity index (χ2n) is 8.15. The van der Waals surface area contributed by atoms with E-state index in [1.807, 2.05) is 38.1 Å². The molecule has 0 spiro atoms. The van der Waals surface area contributed by atoms with Crippen LogP contribution in [-0.2, 0) is 15.1 Å². The zero-order valence-corrected chi connectivity index (χ0v) is 18.1. The molecule has 164 valence electrons. The minimum absolute atomic E-state index is 0.189. The molecule has 3 rings (SSSR count). The summed E-state index contributed by atoms with van der Waals surface area (Å²) in [4.78, 5) is 40.8. The Bertz CT molecular complexity index is 975. The fourth-order valence-electron chi connectivity index (χ4n) is 3.62. The molecule has 0 saturated carbocycles. The molecule has 2 aromatic carbocycles. The molecule has 0 bridgehead atoms. The third kappa shape index (κ3) is 4.74. The summed E-state index contributed by atoms with van der Waals surface area (Å²) in [5.74, 6) is -1.26. The van der Waals surface area contributed by atoms with Gasteiger partial charge in [0.1, 0.15) is 17.9 Å². The summed E-state index contributed by atoms with van der Waals surface area (Å²) in [7, 11) is 3.70. The smallest absolute Gasteiger partial charge is 0.325 e. The number of amides is 4. The van der Waals surface area contributed by atoms with Gasteiger partial charge in [0.2, 0.25) is 5.91 Å². The van der Waals surface area contributed by atoms with E-state index in [0.29, 0.717) is 5.56 Å². The Balaban J connectivity index is 1.65. The Morgan fingerprint density at radius 2 is 1.74 bits per heavy atom. The van der Waals surface area contributed by atoms with Gasteiger partial charge in [-0.3, -0.25) is 14.5 Å². The lowest BCUT2D eigenvalue weighted by molar-refractivity contribution is -0.134. The van der Waals surface area contributed by atoms with Crippen LogP contribution in [-0.4, -0.2) is 54.8 Å². The third-order valence-electron chi connectivity index (χ3n) is 5.58. The molecule has 2 aromatic rings. The number of hydrogen-bond donors (Lipinski definition) is 2. The molecule has 0 aromatic heterocycles. The molecular weight excluding hydrogens is 399 g/mol. The predicted octanol–water partition coefficient (Wildman–Crippen LogP) is 2.32. The van der Waals surface area contributed by atoms with Crippen LogP contribution in [0.4, 0.5) is 9.18 Å². The molecule has 0 radical (unpaired) electrons. The van der Waals surface area contributed by atoms with E-state index in [4.69, 9.17) is 0 Å². The van der Waals surface area contributed by atoms with Gasteiger partial charge in [-0.15, -0.1) is 0 Å². The first-order chi connectivity index (χ1) is 14.6. The van der Waals surface area contributed by atoms with E-state index in [0.717, 1.165) is 16.0 Å². The Morgan fingerprint density at radius 1 is 1.13 bits per heavy atom. The van der Waals surface area contributed by atoms with Crippen LogP contribution in [0.3, 0.4) is 0 Å². The van der Waals surface area contributed by atoms with Gasteiger partial charge in [0.05, 0.1) is 6.04 Å². The minimum Gasteiger partial charge on any atom is -0.353 e. The maximum Gasteiger partial charge on any atom is 0.325 e. The molecule has 31 heavy (non-hydrogen) atoms. The first-order valence-corrected chi connectivity index (χ1v) is 10.0. The number of nitrogens with zero attached hydrogens (tertiary/aromatic N) is 2. The van der Waals surface area contributed by atoms with E-state index in [2.05, 4.69) is 10.6 Å². The van der Waals surface area contributed by atoms with Crippen molar-refractivity contribution < 1.29 is 18.8 Å². The fourth-order valence-corrected chi connectivity index (χ4v) is 3.62. The molecule has 7 nitrogen and oxygen atoms in total. The van der Waals surface area contributed by atoms with Gasteiger partial charge in [-0.2, -0.15) is 0 Å². The monoisotopic (exact) mass is 426 g/mol. The summed E-state index contributed by atoms with van der Waals surface area (Å²) >= 11 is 0. The molecule has 1 fully saturated rings. The summed E-state index contributed by atoms with van der Waals surface area (Å²) in [5.41, 5.74) is 1.32. The van der Waals surface area contributed by atoms with Crippen molar-refractivity contribution in [3.63, 3.8) is 0 Å². The highest BCUT2D eigenvalue weighted by atomic mass is 19.1. The number of hydrogen-bond acceptors (Lipinski definition) is 4. The van der Waals surface area contributed by atoms with Crippen LogP contribution in [0.1, 0.15) is 29.7 Å². The number of urea groups is 1. The molecule has 0 aliphatic carbocycles. The molecule has 4 amide bonds. The Kier molecular flexibility index (Phi) is 6.40. The average molecular weight is 426 g/mol. The largest absolute Gasteiger partial charge is 0.353 e. The van der Waals surface area contributed by atoms with Crippen LogP contribution in [0.2, 0.25) is 0 Å². The maximum atomic E-state index is 13.2. The van der Waals surface area contributed by atoms with Crippen LogP contribution in [0.15, 0.2) is 48.5 Å². The van der Waals surface area contributed by atoms with Crippen LogP contribution < -0.4 is 10.6 Å². The number of imide groups is 1. The van der Waals surface area contributed by atoms with Crippen LogP contribution in [0.25, 0.3) is 0 Å². The first-order valence-electron chi connectivity index (χ1n) is 10.0. The van der Waals surface area contributed by atoms with Crippen LogP contribution in [0.5, 0.6) is 0 Å². The number of nitrogens with one attached hydrogen (secondary N) is 2. The first kappa shape index (κ1) is 22.4. The van der Waals surface area contributed by atoms with E-state index >= 15 is 0 Å². The maximum absolute atomic E-state index is 13.2. The summed E-state index contributed by atoms with van der Waals surface area (Å²) in [6, 6.07) is 12.6. The SMILES string of the molecule is Cc1ccc(C2(C)NC(=O)N(CC(=O)NCC(c3ccc(F)cc3)N(C)C)C2=O)cc1. The molecule has 2 unspecified atom stereocenters. The van der Waals surface area contributed by atoms with Crippen LogP contribution >= 0.6 is 0 Å². The van der Waals surface area contributed by atoms with Crippen molar-refractivity contribution in [3.05, 3.63) is 71.0 Å². The lowest BCUT2D eigenvalue weighted by Gasteiger charge is -2.25. The van der Waals surface area contributed by atoms with Gasteiger partial charge in [-0.1, -0.05) is 42.0 Å². The second-order valence-corrected chi connectivity index (χ2v) is 8.15. The van der Waals surface area contributed by atoms with Gasteiger partial charge in [-0.05, 0) is 51.2 Å². The average Bonchev–Trinajstić information content (AvgIpc) is 2.93. The number of halogens is 1. The van der Waals surface area contributed by atoms with Crippen molar-refractivity contribution >= 4 is 17.8 Å². The lowest BCUT2D eigenvalue weighted by Crippen LogP contribution is -2.44. The van der Waals surface area contributed by atoms with Gasteiger partial charge in [0.25, 0.3) is 5.91 Å². The van der Waals surface area contributed by atoms with Crippen molar-refractivity contribution in [1.82, 2.24) is 20.4 Å². The number of carbonyl (C=O) groups excluding carboxylic acids is 3. The molecule has 1 aliphatic rings. The molecule has 2 N–H and O–H groups in total. The van der Waals surface area contributed by atoms with Crippen molar-refractivity contribution in [2.45, 2.75) is 25.4 Å². The molecule has 2 atom stereocenters. The number of aryl methyl sites for hydroxylation is 1. The Morgan fingerprint density at radius 3 is 2.32 bits per heavy atom. The van der Waals surface area contributed by atoms with Gasteiger partial charge >= 0.3 is 6.03 Å². The van der Waals surface area contributed by atoms with Crippen molar-refractivity contribution in [1.29, 1.82) is 0 Å². The van der Waals surface area contributed by atoms with Crippen molar-refractivity contribution in [2.24, 2.45) is 0 Å². The number of likely N-dealkylation sites (N-methyl/N-ethyl adjacent to an activating group) is 1. The molecule has 1 aliphatic heterocycles. The van der Waals surface area contributed by atoms with E-state index in [9.17, 15) is 18.8 Å². The number of carbonyl (C=O) groups is 3. The zero-order valence-electron chi connectivity index (χ0n) is 18.1. The molecule has 8 heteroatoms. The predicted molar refractivity (Wildman–Crippen MR) is 115 cm³/mol. The Hall–Kier alpha value is -3.26. The number of rotatable bonds is 7. The highest BCUT2D eigenvalue weighted by molar-refractivity contribution is 6.09. The fraction of sp³-hybridized carbons (Fsp3) is 0.348. The standard InChI is InChI=1S/C23H27FN4O3/c1-15-5-9-17(10-6-15)23(2)21(30)28(22(31)26-23)14-20(29)25-13-19(27(3)4)16-7-11-18(24)12-8-16/h5-12,19H,13-14H2,1-4H3,(H,25,29)(H,26,31). The van der Waals surface area contributed by atoms with Crippen molar-refractivity contribution in [3.8, 4) is 0 Å². The lowest BCUT2D eigenvalue weighted by atomic mass is 9.91. The molecule has 1 saturated heterocycles. The minimum atomic E-state index is -1.22. The summed E-state index contributed by atoms with van der Waals surface area (Å²) in [6.07, 6.45) is 0. The van der Waals surface area contributed by atoms with Gasteiger partial charge in [-0.25, -0.2) is 9.18 Å². The van der Waals surface area contributed by atoms with Gasteiger partial charge < -0.3 is 15.5 Å². The summed E-state index contributed by atoms with van der Waals surface area (Å²) in [5, 5.41) is 5.47. The van der Waals surface area contributed by atoms with Gasteiger partial charge in [0.15, 0.2) is 0 Å².